The molecule has 0 rings (SSSR count). The van der Waals surface area contributed by atoms with Gasteiger partial charge in [0.05, 0.1) is 6.10 Å². The quantitative estimate of drug-likeness (QED) is 0.636. The van der Waals surface area contributed by atoms with Crippen LogP contribution in [0.4, 0.5) is 0 Å². The molecule has 0 aliphatic carbocycles. The number of amides is 2. The van der Waals surface area contributed by atoms with E-state index in [4.69, 9.17) is 4.74 Å². The maximum Gasteiger partial charge on any atom is 0.246 e. The van der Waals surface area contributed by atoms with E-state index < -0.39 is 0 Å². The number of hydrogen-bond acceptors (Lipinski definition) is 3. The van der Waals surface area contributed by atoms with Gasteiger partial charge in [0, 0.05) is 19.5 Å². The Hall–Kier alpha value is -1.10. The smallest absolute Gasteiger partial charge is 0.246 e. The first-order chi connectivity index (χ1) is 7.56. The number of carbonyl (C=O) groups excluding carboxylic acids is 2. The Morgan fingerprint density at radius 2 is 1.75 bits per heavy atom. The van der Waals surface area contributed by atoms with Gasteiger partial charge in [0.1, 0.15) is 6.61 Å². The average molecular weight is 230 g/mol. The van der Waals surface area contributed by atoms with Gasteiger partial charge in [-0.2, -0.15) is 0 Å². The number of nitrogens with one attached hydrogen (secondary N) is 2. The van der Waals surface area contributed by atoms with Crippen LogP contribution in [-0.2, 0) is 14.3 Å². The molecule has 0 aliphatic heterocycles. The minimum absolute atomic E-state index is 0.0353. The second-order valence-corrected chi connectivity index (χ2v) is 3.81. The molecule has 0 radical (unpaired) electrons. The van der Waals surface area contributed by atoms with Crippen LogP contribution in [0.25, 0.3) is 0 Å². The van der Waals surface area contributed by atoms with Crippen LogP contribution in [0, 0.1) is 0 Å². The molecule has 0 bridgehead atoms. The first-order valence-corrected chi connectivity index (χ1v) is 5.71. The van der Waals surface area contributed by atoms with E-state index in [1.54, 1.807) is 0 Å². The SMILES string of the molecule is CCCNC(=O)CCNC(=O)COC(C)C. The first-order valence-electron chi connectivity index (χ1n) is 5.71. The Kier molecular flexibility index (Phi) is 8.52. The van der Waals surface area contributed by atoms with Gasteiger partial charge in [-0.25, -0.2) is 0 Å². The number of rotatable bonds is 8. The molecule has 2 N–H and O–H groups in total. The highest BCUT2D eigenvalue weighted by Gasteiger charge is 2.04. The fourth-order valence-electron chi connectivity index (χ4n) is 0.962. The van der Waals surface area contributed by atoms with Crippen molar-refractivity contribution in [2.75, 3.05) is 19.7 Å². The molecular weight excluding hydrogens is 208 g/mol. The summed E-state index contributed by atoms with van der Waals surface area (Å²) in [6.07, 6.45) is 1.27. The highest BCUT2D eigenvalue weighted by atomic mass is 16.5. The van der Waals surface area contributed by atoms with Crippen LogP contribution >= 0.6 is 0 Å². The normalized spacial score (nSPS) is 10.2. The van der Waals surface area contributed by atoms with Gasteiger partial charge in [-0.15, -0.1) is 0 Å². The van der Waals surface area contributed by atoms with Gasteiger partial charge >= 0.3 is 0 Å². The van der Waals surface area contributed by atoms with Crippen molar-refractivity contribution in [3.8, 4) is 0 Å². The van der Waals surface area contributed by atoms with E-state index in [2.05, 4.69) is 10.6 Å². The van der Waals surface area contributed by atoms with Crippen molar-refractivity contribution in [2.45, 2.75) is 39.7 Å². The fourth-order valence-corrected chi connectivity index (χ4v) is 0.962. The zero-order valence-corrected chi connectivity index (χ0v) is 10.3. The summed E-state index contributed by atoms with van der Waals surface area (Å²) >= 11 is 0. The summed E-state index contributed by atoms with van der Waals surface area (Å²) in [7, 11) is 0. The third-order valence-electron chi connectivity index (χ3n) is 1.79. The molecule has 0 spiro atoms. The van der Waals surface area contributed by atoms with Gasteiger partial charge in [0.25, 0.3) is 0 Å². The van der Waals surface area contributed by atoms with E-state index in [9.17, 15) is 9.59 Å². The molecule has 0 unspecified atom stereocenters. The van der Waals surface area contributed by atoms with Gasteiger partial charge in [-0.1, -0.05) is 6.92 Å². The van der Waals surface area contributed by atoms with Crippen LogP contribution in [0.15, 0.2) is 0 Å². The van der Waals surface area contributed by atoms with E-state index in [0.717, 1.165) is 6.42 Å². The van der Waals surface area contributed by atoms with Gasteiger partial charge in [0.2, 0.25) is 11.8 Å². The van der Waals surface area contributed by atoms with Crippen molar-refractivity contribution < 1.29 is 14.3 Å². The van der Waals surface area contributed by atoms with Gasteiger partial charge in [-0.3, -0.25) is 9.59 Å². The molecule has 0 atom stereocenters. The van der Waals surface area contributed by atoms with E-state index in [1.807, 2.05) is 20.8 Å². The Labute approximate surface area is 96.9 Å². The van der Waals surface area contributed by atoms with Gasteiger partial charge in [0.15, 0.2) is 0 Å². The van der Waals surface area contributed by atoms with Crippen molar-refractivity contribution in [3.63, 3.8) is 0 Å². The molecule has 0 saturated heterocycles. The van der Waals surface area contributed by atoms with Crippen LogP contribution < -0.4 is 10.6 Å². The third-order valence-corrected chi connectivity index (χ3v) is 1.79. The van der Waals surface area contributed by atoms with E-state index in [1.165, 1.54) is 0 Å². The number of ether oxygens (including phenoxy) is 1. The fraction of sp³-hybridized carbons (Fsp3) is 0.818. The molecule has 94 valence electrons. The number of carbonyl (C=O) groups is 2. The molecule has 5 heteroatoms. The first kappa shape index (κ1) is 14.9. The van der Waals surface area contributed by atoms with E-state index in [0.29, 0.717) is 19.5 Å². The summed E-state index contributed by atoms with van der Waals surface area (Å²) in [5.41, 5.74) is 0. The van der Waals surface area contributed by atoms with E-state index >= 15 is 0 Å². The molecule has 0 fully saturated rings. The molecule has 5 nitrogen and oxygen atoms in total. The predicted molar refractivity (Wildman–Crippen MR) is 62.0 cm³/mol. The van der Waals surface area contributed by atoms with Crippen molar-refractivity contribution in [2.24, 2.45) is 0 Å². The lowest BCUT2D eigenvalue weighted by Crippen LogP contribution is -2.33. The topological polar surface area (TPSA) is 67.4 Å². The maximum atomic E-state index is 11.2. The molecular formula is C11H22N2O3. The van der Waals surface area contributed by atoms with E-state index in [-0.39, 0.29) is 24.5 Å². The Morgan fingerprint density at radius 3 is 2.31 bits per heavy atom. The molecule has 2 amide bonds. The monoisotopic (exact) mass is 230 g/mol. The Bertz CT molecular complexity index is 217. The molecule has 0 aromatic heterocycles. The molecule has 16 heavy (non-hydrogen) atoms. The lowest BCUT2D eigenvalue weighted by Gasteiger charge is -2.08. The summed E-state index contributed by atoms with van der Waals surface area (Å²) in [6, 6.07) is 0. The zero-order chi connectivity index (χ0) is 12.4. The van der Waals surface area contributed by atoms with Crippen LogP contribution in [0.5, 0.6) is 0 Å². The van der Waals surface area contributed by atoms with Gasteiger partial charge < -0.3 is 15.4 Å². The second-order valence-electron chi connectivity index (χ2n) is 3.81. The molecule has 0 heterocycles. The highest BCUT2D eigenvalue weighted by Crippen LogP contribution is 1.86. The van der Waals surface area contributed by atoms with Crippen LogP contribution in [0.2, 0.25) is 0 Å². The van der Waals surface area contributed by atoms with Crippen molar-refractivity contribution in [1.82, 2.24) is 10.6 Å². The van der Waals surface area contributed by atoms with Crippen molar-refractivity contribution in [3.05, 3.63) is 0 Å². The molecule has 0 saturated carbocycles. The Balaban J connectivity index is 3.43. The highest BCUT2D eigenvalue weighted by molar-refractivity contribution is 5.79. The van der Waals surface area contributed by atoms with Gasteiger partial charge in [-0.05, 0) is 20.3 Å². The molecule has 0 aromatic rings. The summed E-state index contributed by atoms with van der Waals surface area (Å²) in [6.45, 7) is 6.82. The van der Waals surface area contributed by atoms with Crippen LogP contribution in [0.3, 0.4) is 0 Å². The summed E-state index contributed by atoms with van der Waals surface area (Å²) < 4.78 is 5.11. The Morgan fingerprint density at radius 1 is 1.12 bits per heavy atom. The standard InChI is InChI=1S/C11H22N2O3/c1-4-6-12-10(14)5-7-13-11(15)8-16-9(2)3/h9H,4-8H2,1-3H3,(H,12,14)(H,13,15). The maximum absolute atomic E-state index is 11.2. The predicted octanol–water partition coefficient (Wildman–Crippen LogP) is 0.444. The average Bonchev–Trinajstić information content (AvgIpc) is 2.23. The van der Waals surface area contributed by atoms with Crippen LogP contribution in [0.1, 0.15) is 33.6 Å². The van der Waals surface area contributed by atoms with Crippen molar-refractivity contribution in [1.29, 1.82) is 0 Å². The summed E-state index contributed by atoms with van der Waals surface area (Å²) in [5, 5.41) is 5.36. The lowest BCUT2D eigenvalue weighted by atomic mass is 10.3. The molecule has 0 aliphatic rings. The second kappa shape index (κ2) is 9.15. The van der Waals surface area contributed by atoms with Crippen LogP contribution in [-0.4, -0.2) is 37.6 Å². The lowest BCUT2D eigenvalue weighted by molar-refractivity contribution is -0.127. The minimum Gasteiger partial charge on any atom is -0.369 e. The van der Waals surface area contributed by atoms with Crippen molar-refractivity contribution >= 4 is 11.8 Å². The third kappa shape index (κ3) is 9.45. The zero-order valence-electron chi connectivity index (χ0n) is 10.3. The summed E-state index contributed by atoms with van der Waals surface area (Å²) in [4.78, 5) is 22.3. The largest absolute Gasteiger partial charge is 0.369 e. The summed E-state index contributed by atoms with van der Waals surface area (Å²) in [5.74, 6) is -0.219. The number of hydrogen-bond donors (Lipinski definition) is 2. The molecule has 0 aromatic carbocycles. The minimum atomic E-state index is -0.183.